The van der Waals surface area contributed by atoms with Crippen LogP contribution in [0.3, 0.4) is 0 Å². The number of likely N-dealkylation sites (N-methyl/N-ethyl adjacent to an activating group) is 1. The van der Waals surface area contributed by atoms with Gasteiger partial charge in [-0.15, -0.1) is 0 Å². The topological polar surface area (TPSA) is 64.8 Å². The number of piperazine rings is 1. The van der Waals surface area contributed by atoms with Gasteiger partial charge in [0.2, 0.25) is 5.91 Å². The molecule has 0 aliphatic carbocycles. The van der Waals surface area contributed by atoms with Crippen molar-refractivity contribution in [2.45, 2.75) is 31.5 Å². The summed E-state index contributed by atoms with van der Waals surface area (Å²) in [6.07, 6.45) is 4.54. The quantitative estimate of drug-likeness (QED) is 0.791. The zero-order valence-corrected chi connectivity index (χ0v) is 13.8. The molecule has 7 nitrogen and oxygen atoms in total. The Hall–Kier alpha value is -1.44. The van der Waals surface area contributed by atoms with Gasteiger partial charge in [0.25, 0.3) is 0 Å². The van der Waals surface area contributed by atoms with E-state index in [1.54, 1.807) is 6.20 Å². The molecule has 128 valence electrons. The third kappa shape index (κ3) is 4.10. The predicted octanol–water partition coefficient (Wildman–Crippen LogP) is -0.518. The van der Waals surface area contributed by atoms with Gasteiger partial charge >= 0.3 is 0 Å². The van der Waals surface area contributed by atoms with E-state index in [2.05, 4.69) is 21.9 Å². The Labute approximate surface area is 137 Å². The lowest BCUT2D eigenvalue weighted by atomic mass is 10.1. The first-order chi connectivity index (χ1) is 11.1. The number of aryl methyl sites for hydroxylation is 1. The number of carbonyl (C=O) groups is 1. The zero-order chi connectivity index (χ0) is 16.2. The Kier molecular flexibility index (Phi) is 5.30. The van der Waals surface area contributed by atoms with Gasteiger partial charge in [-0.3, -0.25) is 14.4 Å². The smallest absolute Gasteiger partial charge is 0.222 e. The number of aliphatic hydroxyl groups excluding tert-OH is 1. The van der Waals surface area contributed by atoms with Gasteiger partial charge in [0, 0.05) is 64.6 Å². The molecule has 0 saturated carbocycles. The van der Waals surface area contributed by atoms with Crippen molar-refractivity contribution in [3.63, 3.8) is 0 Å². The van der Waals surface area contributed by atoms with Gasteiger partial charge in [-0.05, 0) is 19.5 Å². The Morgan fingerprint density at radius 1 is 1.26 bits per heavy atom. The van der Waals surface area contributed by atoms with Crippen LogP contribution in [0.1, 0.15) is 12.8 Å². The number of carbonyl (C=O) groups excluding carboxylic acids is 1. The van der Waals surface area contributed by atoms with Crippen LogP contribution in [-0.4, -0.2) is 94.0 Å². The molecule has 23 heavy (non-hydrogen) atoms. The van der Waals surface area contributed by atoms with Crippen molar-refractivity contribution in [1.82, 2.24) is 24.5 Å². The fourth-order valence-corrected chi connectivity index (χ4v) is 3.47. The van der Waals surface area contributed by atoms with Gasteiger partial charge in [0.15, 0.2) is 0 Å². The summed E-state index contributed by atoms with van der Waals surface area (Å²) in [4.78, 5) is 18.8. The molecule has 7 heteroatoms. The average Bonchev–Trinajstić information content (AvgIpc) is 3.18. The van der Waals surface area contributed by atoms with Crippen LogP contribution < -0.4 is 0 Å². The minimum Gasteiger partial charge on any atom is -0.390 e. The number of nitrogens with zero attached hydrogens (tertiary/aromatic N) is 5. The summed E-state index contributed by atoms with van der Waals surface area (Å²) in [6.45, 7) is 5.89. The fraction of sp³-hybridized carbons (Fsp3) is 0.750. The second-order valence-corrected chi connectivity index (χ2v) is 6.65. The van der Waals surface area contributed by atoms with E-state index in [9.17, 15) is 9.90 Å². The highest BCUT2D eigenvalue weighted by Gasteiger charge is 2.38. The number of amides is 1. The first-order valence-electron chi connectivity index (χ1n) is 8.49. The third-order valence-electron chi connectivity index (χ3n) is 4.96. The van der Waals surface area contributed by atoms with Gasteiger partial charge in [0.05, 0.1) is 12.1 Å². The number of hydrogen-bond donors (Lipinski definition) is 1. The highest BCUT2D eigenvalue weighted by Crippen LogP contribution is 2.19. The molecular formula is C16H27N5O2. The number of β-amino-alcohol motifs (C(OH)–C–C–N with tert-alkyl or cyclic N) is 1. The number of hydrogen-bond acceptors (Lipinski definition) is 5. The summed E-state index contributed by atoms with van der Waals surface area (Å²) in [5, 5.41) is 14.5. The summed E-state index contributed by atoms with van der Waals surface area (Å²) in [5.41, 5.74) is 0. The SMILES string of the molecule is CN1CCN([C@H]2CN(C(=O)CCCn3cccn3)C[C@@H]2O)CC1. The lowest BCUT2D eigenvalue weighted by molar-refractivity contribution is -0.130. The summed E-state index contributed by atoms with van der Waals surface area (Å²) in [5.74, 6) is 0.146. The van der Waals surface area contributed by atoms with Crippen molar-refractivity contribution < 1.29 is 9.90 Å². The molecule has 3 rings (SSSR count). The standard InChI is InChI=1S/C16H27N5O2/c1-18-8-10-19(11-9-18)14-12-20(13-15(14)22)16(23)4-2-6-21-7-3-5-17-21/h3,5,7,14-15,22H,2,4,6,8-13H2,1H3/t14-,15-/m0/s1. The van der Waals surface area contributed by atoms with E-state index in [0.717, 1.165) is 39.1 Å². The van der Waals surface area contributed by atoms with Crippen molar-refractivity contribution in [1.29, 1.82) is 0 Å². The molecule has 1 aromatic rings. The molecule has 0 bridgehead atoms. The van der Waals surface area contributed by atoms with Crippen molar-refractivity contribution >= 4 is 5.91 Å². The normalized spacial score (nSPS) is 26.8. The van der Waals surface area contributed by atoms with Crippen LogP contribution in [-0.2, 0) is 11.3 Å². The summed E-state index contributed by atoms with van der Waals surface area (Å²) in [7, 11) is 2.12. The van der Waals surface area contributed by atoms with Gasteiger partial charge in [-0.2, -0.15) is 5.10 Å². The van der Waals surface area contributed by atoms with Crippen LogP contribution in [0.2, 0.25) is 0 Å². The van der Waals surface area contributed by atoms with E-state index in [0.29, 0.717) is 19.5 Å². The van der Waals surface area contributed by atoms with Crippen molar-refractivity contribution in [2.75, 3.05) is 46.3 Å². The summed E-state index contributed by atoms with van der Waals surface area (Å²) < 4.78 is 1.85. The van der Waals surface area contributed by atoms with Gasteiger partial charge in [0.1, 0.15) is 0 Å². The Bertz CT molecular complexity index is 499. The minimum atomic E-state index is -0.423. The fourth-order valence-electron chi connectivity index (χ4n) is 3.47. The maximum absolute atomic E-state index is 12.4. The van der Waals surface area contributed by atoms with Crippen molar-refractivity contribution in [2.24, 2.45) is 0 Å². The molecular weight excluding hydrogens is 294 g/mol. The van der Waals surface area contributed by atoms with Crippen LogP contribution in [0.5, 0.6) is 0 Å². The maximum atomic E-state index is 12.4. The van der Waals surface area contributed by atoms with Crippen LogP contribution >= 0.6 is 0 Å². The molecule has 2 aliphatic heterocycles. The summed E-state index contributed by atoms with van der Waals surface area (Å²) in [6, 6.07) is 1.98. The molecule has 2 saturated heterocycles. The van der Waals surface area contributed by atoms with Crippen LogP contribution in [0.15, 0.2) is 18.5 Å². The molecule has 2 atom stereocenters. The second-order valence-electron chi connectivity index (χ2n) is 6.65. The van der Waals surface area contributed by atoms with Crippen molar-refractivity contribution in [3.05, 3.63) is 18.5 Å². The van der Waals surface area contributed by atoms with E-state index < -0.39 is 6.10 Å². The first kappa shape index (κ1) is 16.4. The summed E-state index contributed by atoms with van der Waals surface area (Å²) >= 11 is 0. The number of aliphatic hydroxyl groups is 1. The van der Waals surface area contributed by atoms with E-state index in [1.807, 2.05) is 21.8 Å². The van der Waals surface area contributed by atoms with Gasteiger partial charge in [-0.25, -0.2) is 0 Å². The van der Waals surface area contributed by atoms with Crippen LogP contribution in [0.4, 0.5) is 0 Å². The van der Waals surface area contributed by atoms with Crippen molar-refractivity contribution in [3.8, 4) is 0 Å². The molecule has 1 aromatic heterocycles. The average molecular weight is 321 g/mol. The zero-order valence-electron chi connectivity index (χ0n) is 13.8. The van der Waals surface area contributed by atoms with Crippen LogP contribution in [0, 0.1) is 0 Å². The minimum absolute atomic E-state index is 0.0961. The molecule has 1 amide bonds. The number of likely N-dealkylation sites (tertiary alicyclic amines) is 1. The highest BCUT2D eigenvalue weighted by atomic mass is 16.3. The largest absolute Gasteiger partial charge is 0.390 e. The monoisotopic (exact) mass is 321 g/mol. The second kappa shape index (κ2) is 7.42. The van der Waals surface area contributed by atoms with E-state index >= 15 is 0 Å². The first-order valence-corrected chi connectivity index (χ1v) is 8.49. The lowest BCUT2D eigenvalue weighted by Gasteiger charge is -2.37. The number of rotatable bonds is 5. The van der Waals surface area contributed by atoms with Crippen LogP contribution in [0.25, 0.3) is 0 Å². The Morgan fingerprint density at radius 3 is 2.74 bits per heavy atom. The van der Waals surface area contributed by atoms with E-state index in [4.69, 9.17) is 0 Å². The van der Waals surface area contributed by atoms with E-state index in [-0.39, 0.29) is 11.9 Å². The van der Waals surface area contributed by atoms with Gasteiger partial charge in [-0.1, -0.05) is 0 Å². The molecule has 0 aromatic carbocycles. The molecule has 0 unspecified atom stereocenters. The molecule has 0 radical (unpaired) electrons. The Balaban J connectivity index is 1.44. The Morgan fingerprint density at radius 2 is 2.04 bits per heavy atom. The van der Waals surface area contributed by atoms with Gasteiger partial charge < -0.3 is 14.9 Å². The number of aromatic nitrogens is 2. The maximum Gasteiger partial charge on any atom is 0.222 e. The lowest BCUT2D eigenvalue weighted by Crippen LogP contribution is -2.52. The molecule has 2 aliphatic rings. The molecule has 0 spiro atoms. The molecule has 1 N–H and O–H groups in total. The predicted molar refractivity (Wildman–Crippen MR) is 86.9 cm³/mol. The third-order valence-corrected chi connectivity index (χ3v) is 4.96. The molecule has 2 fully saturated rings. The van der Waals surface area contributed by atoms with E-state index in [1.165, 1.54) is 0 Å². The highest BCUT2D eigenvalue weighted by molar-refractivity contribution is 5.76. The molecule has 3 heterocycles.